The molecule has 0 aromatic heterocycles. The molecular weight excluding hydrogens is 156 g/mol. The molecule has 1 saturated carbocycles. The molecule has 10 heavy (non-hydrogen) atoms. The van der Waals surface area contributed by atoms with E-state index in [0.29, 0.717) is 0 Å². The molecule has 1 aliphatic carbocycles. The Balaban J connectivity index is 2.58. The fourth-order valence-corrected chi connectivity index (χ4v) is 1.41. The number of alkyl halides is 2. The van der Waals surface area contributed by atoms with Gasteiger partial charge in [0.2, 0.25) is 5.92 Å². The number of hydrogen-bond acceptors (Lipinski definition) is 1. The molecule has 1 nitrogen and oxygen atoms in total. The van der Waals surface area contributed by atoms with E-state index in [9.17, 15) is 8.78 Å². The molecule has 1 aliphatic rings. The van der Waals surface area contributed by atoms with Crippen LogP contribution < -0.4 is 5.73 Å². The van der Waals surface area contributed by atoms with E-state index in [1.807, 2.05) is 0 Å². The third-order valence-electron chi connectivity index (χ3n) is 1.89. The fraction of sp³-hybridized carbons (Fsp3) is 0.833. The van der Waals surface area contributed by atoms with Gasteiger partial charge in [-0.15, -0.1) is 0 Å². The summed E-state index contributed by atoms with van der Waals surface area (Å²) in [7, 11) is 0. The predicted octanol–water partition coefficient (Wildman–Crippen LogP) is 1.71. The van der Waals surface area contributed by atoms with Crippen LogP contribution in [-0.2, 0) is 0 Å². The molecule has 0 atom stereocenters. The monoisotopic (exact) mass is 165 g/mol. The Morgan fingerprint density at radius 1 is 1.50 bits per heavy atom. The molecule has 0 bridgehead atoms. The SMILES string of the molecule is CC1(C(N)=S)CC(F)(F)C1. The van der Waals surface area contributed by atoms with Crippen molar-refractivity contribution in [3.05, 3.63) is 0 Å². The van der Waals surface area contributed by atoms with E-state index in [1.165, 1.54) is 0 Å². The van der Waals surface area contributed by atoms with Gasteiger partial charge < -0.3 is 5.73 Å². The van der Waals surface area contributed by atoms with Gasteiger partial charge in [0.1, 0.15) is 0 Å². The molecule has 0 aromatic rings. The van der Waals surface area contributed by atoms with Crippen LogP contribution in [0.5, 0.6) is 0 Å². The second-order valence-electron chi connectivity index (χ2n) is 3.13. The quantitative estimate of drug-likeness (QED) is 0.598. The molecule has 0 radical (unpaired) electrons. The first-order chi connectivity index (χ1) is 4.36. The van der Waals surface area contributed by atoms with E-state index >= 15 is 0 Å². The number of thiocarbonyl (C=S) groups is 1. The fourth-order valence-electron chi connectivity index (χ4n) is 1.26. The topological polar surface area (TPSA) is 26.0 Å². The van der Waals surface area contributed by atoms with Crippen LogP contribution in [0.15, 0.2) is 0 Å². The molecular formula is C6H9F2NS. The number of rotatable bonds is 1. The lowest BCUT2D eigenvalue weighted by Gasteiger charge is -2.43. The van der Waals surface area contributed by atoms with E-state index in [-0.39, 0.29) is 17.8 Å². The average molecular weight is 165 g/mol. The van der Waals surface area contributed by atoms with Crippen LogP contribution in [0.3, 0.4) is 0 Å². The van der Waals surface area contributed by atoms with Crippen LogP contribution in [0.25, 0.3) is 0 Å². The highest BCUT2D eigenvalue weighted by molar-refractivity contribution is 7.80. The molecule has 1 fully saturated rings. The first-order valence-corrected chi connectivity index (χ1v) is 3.44. The van der Waals surface area contributed by atoms with E-state index in [4.69, 9.17) is 5.73 Å². The van der Waals surface area contributed by atoms with Gasteiger partial charge in [0.25, 0.3) is 0 Å². The van der Waals surface area contributed by atoms with Crippen molar-refractivity contribution >= 4 is 17.2 Å². The molecule has 0 saturated heterocycles. The molecule has 0 aliphatic heterocycles. The zero-order valence-electron chi connectivity index (χ0n) is 5.66. The van der Waals surface area contributed by atoms with Gasteiger partial charge in [-0.05, 0) is 0 Å². The van der Waals surface area contributed by atoms with Crippen LogP contribution in [0.2, 0.25) is 0 Å². The summed E-state index contributed by atoms with van der Waals surface area (Å²) in [5.41, 5.74) is 4.67. The highest BCUT2D eigenvalue weighted by atomic mass is 32.1. The van der Waals surface area contributed by atoms with Crippen molar-refractivity contribution in [3.63, 3.8) is 0 Å². The maximum absolute atomic E-state index is 12.3. The third kappa shape index (κ3) is 1.12. The molecule has 1 rings (SSSR count). The van der Waals surface area contributed by atoms with Crippen LogP contribution in [0.1, 0.15) is 19.8 Å². The predicted molar refractivity (Wildman–Crippen MR) is 39.1 cm³/mol. The first kappa shape index (κ1) is 7.85. The summed E-state index contributed by atoms with van der Waals surface area (Å²) in [6, 6.07) is 0. The van der Waals surface area contributed by atoms with Gasteiger partial charge in [0.05, 0.1) is 4.99 Å². The van der Waals surface area contributed by atoms with Gasteiger partial charge in [-0.3, -0.25) is 0 Å². The second-order valence-corrected chi connectivity index (χ2v) is 3.57. The summed E-state index contributed by atoms with van der Waals surface area (Å²) in [4.78, 5) is 0.207. The van der Waals surface area contributed by atoms with Crippen LogP contribution in [-0.4, -0.2) is 10.9 Å². The summed E-state index contributed by atoms with van der Waals surface area (Å²) in [5.74, 6) is -2.53. The van der Waals surface area contributed by atoms with E-state index in [1.54, 1.807) is 6.92 Å². The highest BCUT2D eigenvalue weighted by Crippen LogP contribution is 2.51. The van der Waals surface area contributed by atoms with Crippen molar-refractivity contribution in [1.82, 2.24) is 0 Å². The molecule has 2 N–H and O–H groups in total. The summed E-state index contributed by atoms with van der Waals surface area (Å²) in [6.45, 7) is 1.67. The maximum atomic E-state index is 12.3. The van der Waals surface area contributed by atoms with E-state index < -0.39 is 11.3 Å². The Morgan fingerprint density at radius 3 is 2.00 bits per heavy atom. The van der Waals surface area contributed by atoms with E-state index in [2.05, 4.69) is 12.2 Å². The number of hydrogen-bond donors (Lipinski definition) is 1. The van der Waals surface area contributed by atoms with Crippen molar-refractivity contribution in [2.45, 2.75) is 25.7 Å². The molecule has 4 heteroatoms. The average Bonchev–Trinajstić information content (AvgIpc) is 1.59. The van der Waals surface area contributed by atoms with Crippen LogP contribution in [0, 0.1) is 5.41 Å². The Hall–Kier alpha value is -0.250. The zero-order valence-corrected chi connectivity index (χ0v) is 6.47. The molecule has 0 aromatic carbocycles. The maximum Gasteiger partial charge on any atom is 0.250 e. The summed E-state index contributed by atoms with van der Waals surface area (Å²) >= 11 is 4.63. The van der Waals surface area contributed by atoms with Gasteiger partial charge in [0, 0.05) is 18.3 Å². The Labute approximate surface area is 63.6 Å². The molecule has 0 heterocycles. The first-order valence-electron chi connectivity index (χ1n) is 3.03. The van der Waals surface area contributed by atoms with Gasteiger partial charge in [0.15, 0.2) is 0 Å². The number of nitrogens with two attached hydrogens (primary N) is 1. The lowest BCUT2D eigenvalue weighted by molar-refractivity contribution is -0.126. The van der Waals surface area contributed by atoms with E-state index in [0.717, 1.165) is 0 Å². The minimum atomic E-state index is -2.53. The van der Waals surface area contributed by atoms with Crippen LogP contribution >= 0.6 is 12.2 Å². The second kappa shape index (κ2) is 1.87. The van der Waals surface area contributed by atoms with Gasteiger partial charge in [-0.25, -0.2) is 8.78 Å². The van der Waals surface area contributed by atoms with Gasteiger partial charge in [-0.1, -0.05) is 19.1 Å². The lowest BCUT2D eigenvalue weighted by atomic mass is 9.67. The van der Waals surface area contributed by atoms with Crippen LogP contribution in [0.4, 0.5) is 8.78 Å². The molecule has 58 valence electrons. The van der Waals surface area contributed by atoms with Crippen molar-refractivity contribution in [2.75, 3.05) is 0 Å². The Kier molecular flexibility index (Phi) is 1.47. The summed E-state index contributed by atoms with van der Waals surface area (Å²) in [5, 5.41) is 0. The third-order valence-corrected chi connectivity index (χ3v) is 2.39. The minimum Gasteiger partial charge on any atom is -0.393 e. The Bertz CT molecular complexity index is 171. The normalized spacial score (nSPS) is 27.1. The summed E-state index contributed by atoms with van der Waals surface area (Å²) < 4.78 is 24.6. The van der Waals surface area contributed by atoms with Crippen molar-refractivity contribution in [3.8, 4) is 0 Å². The van der Waals surface area contributed by atoms with Crippen molar-refractivity contribution < 1.29 is 8.78 Å². The molecule has 0 amide bonds. The van der Waals surface area contributed by atoms with Gasteiger partial charge in [-0.2, -0.15) is 0 Å². The minimum absolute atomic E-state index is 0.185. The zero-order chi connectivity index (χ0) is 7.99. The molecule has 0 unspecified atom stereocenters. The van der Waals surface area contributed by atoms with Crippen molar-refractivity contribution in [2.24, 2.45) is 11.1 Å². The largest absolute Gasteiger partial charge is 0.393 e. The van der Waals surface area contributed by atoms with Gasteiger partial charge >= 0.3 is 0 Å². The van der Waals surface area contributed by atoms with Crippen molar-refractivity contribution in [1.29, 1.82) is 0 Å². The smallest absolute Gasteiger partial charge is 0.250 e. The lowest BCUT2D eigenvalue weighted by Crippen LogP contribution is -2.51. The summed E-state index contributed by atoms with van der Waals surface area (Å²) in [6.07, 6.45) is -0.370. The highest BCUT2D eigenvalue weighted by Gasteiger charge is 2.55. The number of halogens is 2. The Morgan fingerprint density at radius 2 is 1.90 bits per heavy atom. The molecule has 0 spiro atoms. The standard InChI is InChI=1S/C6H9F2NS/c1-5(4(9)10)2-6(7,8)3-5/h2-3H2,1H3,(H2,9,10).